The minimum Gasteiger partial charge on any atom is -0.346 e. The second-order valence-electron chi connectivity index (χ2n) is 4.93. The molecule has 0 spiro atoms. The Bertz CT molecular complexity index is 237. The first-order chi connectivity index (χ1) is 7.69. The summed E-state index contributed by atoms with van der Waals surface area (Å²) in [7, 11) is 0. The zero-order valence-corrected chi connectivity index (χ0v) is 10.4. The number of ether oxygens (including phenoxy) is 2. The minimum atomic E-state index is -0.410. The van der Waals surface area contributed by atoms with Crippen molar-refractivity contribution >= 4 is 0 Å². The van der Waals surface area contributed by atoms with Gasteiger partial charge in [-0.2, -0.15) is 0 Å². The van der Waals surface area contributed by atoms with Gasteiger partial charge in [-0.3, -0.25) is 4.90 Å². The van der Waals surface area contributed by atoms with Gasteiger partial charge in [0.15, 0.2) is 5.79 Å². The molecule has 0 aromatic rings. The maximum atomic E-state index is 6.06. The lowest BCUT2D eigenvalue weighted by molar-refractivity contribution is -0.191. The highest BCUT2D eigenvalue weighted by molar-refractivity contribution is 4.92. The van der Waals surface area contributed by atoms with E-state index in [1.165, 1.54) is 19.4 Å². The minimum absolute atomic E-state index is 0.189. The second kappa shape index (κ2) is 5.00. The number of nitrogens with two attached hydrogens (primary N) is 1. The molecule has 0 bridgehead atoms. The highest BCUT2D eigenvalue weighted by Gasteiger charge is 2.47. The number of rotatable bonds is 4. The molecule has 16 heavy (non-hydrogen) atoms. The van der Waals surface area contributed by atoms with Crippen molar-refractivity contribution in [3.05, 3.63) is 0 Å². The van der Waals surface area contributed by atoms with Crippen LogP contribution >= 0.6 is 0 Å². The Morgan fingerprint density at radius 1 is 1.50 bits per heavy atom. The zero-order chi connectivity index (χ0) is 11.6. The van der Waals surface area contributed by atoms with Gasteiger partial charge >= 0.3 is 0 Å². The van der Waals surface area contributed by atoms with Crippen LogP contribution in [0.5, 0.6) is 0 Å². The topological polar surface area (TPSA) is 47.7 Å². The monoisotopic (exact) mass is 228 g/mol. The van der Waals surface area contributed by atoms with Gasteiger partial charge in [-0.15, -0.1) is 0 Å². The van der Waals surface area contributed by atoms with Gasteiger partial charge in [-0.25, -0.2) is 0 Å². The quantitative estimate of drug-likeness (QED) is 0.778. The standard InChI is InChI=1S/C12H24N2O2/c1-3-14-8-4-5-11(14)12(2)15-9-10(16-12)6-7-13/h10-11H,3-9,13H2,1-2H3. The predicted molar refractivity (Wildman–Crippen MR) is 63.2 cm³/mol. The van der Waals surface area contributed by atoms with Crippen LogP contribution in [0.15, 0.2) is 0 Å². The number of likely N-dealkylation sites (N-methyl/N-ethyl adjacent to an activating group) is 1. The summed E-state index contributed by atoms with van der Waals surface area (Å²) in [4.78, 5) is 2.46. The molecule has 2 fully saturated rings. The van der Waals surface area contributed by atoms with Crippen molar-refractivity contribution in [1.82, 2.24) is 4.90 Å². The summed E-state index contributed by atoms with van der Waals surface area (Å²) in [6.45, 7) is 7.91. The fourth-order valence-electron chi connectivity index (χ4n) is 2.96. The van der Waals surface area contributed by atoms with Gasteiger partial charge in [-0.1, -0.05) is 6.92 Å². The molecule has 2 N–H and O–H groups in total. The Kier molecular flexibility index (Phi) is 3.85. The molecule has 0 aromatic carbocycles. The summed E-state index contributed by atoms with van der Waals surface area (Å²) in [5, 5.41) is 0. The molecule has 3 atom stereocenters. The van der Waals surface area contributed by atoms with Gasteiger partial charge < -0.3 is 15.2 Å². The lowest BCUT2D eigenvalue weighted by Crippen LogP contribution is -2.48. The van der Waals surface area contributed by atoms with Crippen molar-refractivity contribution in [1.29, 1.82) is 0 Å². The van der Waals surface area contributed by atoms with Crippen LogP contribution in [-0.4, -0.2) is 49.1 Å². The molecule has 2 aliphatic heterocycles. The van der Waals surface area contributed by atoms with Gasteiger partial charge in [0.05, 0.1) is 18.8 Å². The Morgan fingerprint density at radius 2 is 2.31 bits per heavy atom. The summed E-state index contributed by atoms with van der Waals surface area (Å²) in [6, 6.07) is 0.417. The van der Waals surface area contributed by atoms with Gasteiger partial charge in [0.25, 0.3) is 0 Å². The van der Waals surface area contributed by atoms with Gasteiger partial charge in [-0.05, 0) is 45.8 Å². The first kappa shape index (κ1) is 12.3. The smallest absolute Gasteiger partial charge is 0.181 e. The number of nitrogens with zero attached hydrogens (tertiary/aromatic N) is 1. The summed E-state index contributed by atoms with van der Waals surface area (Å²) >= 11 is 0. The van der Waals surface area contributed by atoms with E-state index in [1.54, 1.807) is 0 Å². The first-order valence-electron chi connectivity index (χ1n) is 6.45. The third-order valence-corrected chi connectivity index (χ3v) is 3.82. The fourth-order valence-corrected chi connectivity index (χ4v) is 2.96. The summed E-state index contributed by atoms with van der Waals surface area (Å²) in [6.07, 6.45) is 3.52. The van der Waals surface area contributed by atoms with Crippen LogP contribution in [0.4, 0.5) is 0 Å². The maximum absolute atomic E-state index is 6.06. The van der Waals surface area contributed by atoms with E-state index in [1.807, 2.05) is 0 Å². The molecule has 2 rings (SSSR count). The molecular formula is C12H24N2O2. The van der Waals surface area contributed by atoms with Gasteiger partial charge in [0.1, 0.15) is 0 Å². The summed E-state index contributed by atoms with van der Waals surface area (Å²) in [5.74, 6) is -0.410. The molecule has 2 aliphatic rings. The van der Waals surface area contributed by atoms with Crippen molar-refractivity contribution in [2.75, 3.05) is 26.2 Å². The highest BCUT2D eigenvalue weighted by Crippen LogP contribution is 2.35. The van der Waals surface area contributed by atoms with Crippen LogP contribution in [0.25, 0.3) is 0 Å². The second-order valence-corrected chi connectivity index (χ2v) is 4.93. The van der Waals surface area contributed by atoms with Gasteiger partial charge in [0.2, 0.25) is 0 Å². The van der Waals surface area contributed by atoms with Crippen LogP contribution in [0.3, 0.4) is 0 Å². The van der Waals surface area contributed by atoms with E-state index in [-0.39, 0.29) is 6.10 Å². The number of hydrogen-bond acceptors (Lipinski definition) is 4. The lowest BCUT2D eigenvalue weighted by atomic mass is 10.1. The van der Waals surface area contributed by atoms with Crippen molar-refractivity contribution in [3.63, 3.8) is 0 Å². The third kappa shape index (κ3) is 2.25. The average molecular weight is 228 g/mol. The van der Waals surface area contributed by atoms with Crippen molar-refractivity contribution in [2.24, 2.45) is 5.73 Å². The Morgan fingerprint density at radius 3 is 3.00 bits per heavy atom. The molecule has 0 saturated carbocycles. The van der Waals surface area contributed by atoms with Crippen molar-refractivity contribution < 1.29 is 9.47 Å². The first-order valence-corrected chi connectivity index (χ1v) is 6.45. The van der Waals surface area contributed by atoms with Crippen LogP contribution in [0, 0.1) is 0 Å². The average Bonchev–Trinajstić information content (AvgIpc) is 2.86. The lowest BCUT2D eigenvalue weighted by Gasteiger charge is -2.35. The molecule has 4 nitrogen and oxygen atoms in total. The Labute approximate surface area is 98.1 Å². The van der Waals surface area contributed by atoms with Gasteiger partial charge in [0, 0.05) is 0 Å². The summed E-state index contributed by atoms with van der Waals surface area (Å²) < 4.78 is 12.0. The van der Waals surface area contributed by atoms with Crippen molar-refractivity contribution in [2.45, 2.75) is 51.0 Å². The predicted octanol–water partition coefficient (Wildman–Crippen LogP) is 0.951. The van der Waals surface area contributed by atoms with Crippen molar-refractivity contribution in [3.8, 4) is 0 Å². The molecule has 0 aliphatic carbocycles. The Balaban J connectivity index is 1.97. The SMILES string of the molecule is CCN1CCCC1C1(C)OCC(CCN)O1. The molecular weight excluding hydrogens is 204 g/mol. The molecule has 2 heterocycles. The molecule has 4 heteroatoms. The highest BCUT2D eigenvalue weighted by atomic mass is 16.7. The van der Waals surface area contributed by atoms with Crippen LogP contribution in [0.1, 0.15) is 33.1 Å². The van der Waals surface area contributed by atoms with E-state index < -0.39 is 5.79 Å². The molecule has 94 valence electrons. The largest absolute Gasteiger partial charge is 0.346 e. The molecule has 3 unspecified atom stereocenters. The number of hydrogen-bond donors (Lipinski definition) is 1. The van der Waals surface area contributed by atoms with Crippen LogP contribution in [-0.2, 0) is 9.47 Å². The maximum Gasteiger partial charge on any atom is 0.181 e. The van der Waals surface area contributed by atoms with E-state index >= 15 is 0 Å². The Hall–Kier alpha value is -0.160. The van der Waals surface area contributed by atoms with E-state index in [4.69, 9.17) is 15.2 Å². The zero-order valence-electron chi connectivity index (χ0n) is 10.4. The van der Waals surface area contributed by atoms with Crippen LogP contribution in [0.2, 0.25) is 0 Å². The molecule has 0 aromatic heterocycles. The normalized spacial score (nSPS) is 40.7. The fraction of sp³-hybridized carbons (Fsp3) is 1.00. The number of likely N-dealkylation sites (tertiary alicyclic amines) is 1. The third-order valence-electron chi connectivity index (χ3n) is 3.82. The molecule has 2 saturated heterocycles. The van der Waals surface area contributed by atoms with E-state index in [2.05, 4.69) is 18.7 Å². The van der Waals surface area contributed by atoms with E-state index in [0.717, 1.165) is 13.0 Å². The molecule has 0 amide bonds. The van der Waals surface area contributed by atoms with E-state index in [0.29, 0.717) is 19.2 Å². The van der Waals surface area contributed by atoms with E-state index in [9.17, 15) is 0 Å². The summed E-state index contributed by atoms with van der Waals surface area (Å²) in [5.41, 5.74) is 5.56. The van der Waals surface area contributed by atoms with Crippen LogP contribution < -0.4 is 5.73 Å². The molecule has 0 radical (unpaired) electrons.